The molecule has 2 N–H and O–H groups in total. The minimum absolute atomic E-state index is 0.0263. The molecule has 0 radical (unpaired) electrons. The molecule has 0 fully saturated rings. The summed E-state index contributed by atoms with van der Waals surface area (Å²) < 4.78 is 0. The molecule has 0 spiro atoms. The smallest absolute Gasteiger partial charge is 0.252 e. The van der Waals surface area contributed by atoms with Crippen LogP contribution < -0.4 is 10.7 Å². The van der Waals surface area contributed by atoms with E-state index < -0.39 is 0 Å². The van der Waals surface area contributed by atoms with Gasteiger partial charge >= 0.3 is 0 Å². The van der Waals surface area contributed by atoms with Gasteiger partial charge in [-0.3, -0.25) is 14.6 Å². The van der Waals surface area contributed by atoms with Crippen molar-refractivity contribution in [3.8, 4) is 0 Å². The number of amides is 1. The monoisotopic (exact) mass is 403 g/mol. The molecule has 1 unspecified atom stereocenters. The third-order valence-electron chi connectivity index (χ3n) is 4.91. The van der Waals surface area contributed by atoms with E-state index in [1.54, 1.807) is 12.3 Å². The Labute approximate surface area is 172 Å². The number of para-hydroxylation sites is 1. The standard InChI is InChI=1S/C23H21N3O2S/c1-14(10-15-6-5-9-24-13-15)25-23(28)18-11-20-17(12-21(18)29-2)22(27)16-7-3-4-8-19(16)26-20/h3-9,11-14H,10H2,1-2H3,(H,25,28)(H,26,27). The molecule has 29 heavy (non-hydrogen) atoms. The van der Waals surface area contributed by atoms with Crippen molar-refractivity contribution >= 4 is 39.5 Å². The van der Waals surface area contributed by atoms with Gasteiger partial charge in [-0.2, -0.15) is 0 Å². The number of hydrogen-bond acceptors (Lipinski definition) is 4. The van der Waals surface area contributed by atoms with Gasteiger partial charge in [0.1, 0.15) is 0 Å². The number of pyridine rings is 2. The number of nitrogens with zero attached hydrogens (tertiary/aromatic N) is 1. The number of thioether (sulfide) groups is 1. The van der Waals surface area contributed by atoms with Crippen molar-refractivity contribution in [2.45, 2.75) is 24.3 Å². The van der Waals surface area contributed by atoms with E-state index in [-0.39, 0.29) is 17.4 Å². The third kappa shape index (κ3) is 3.89. The van der Waals surface area contributed by atoms with Gasteiger partial charge in [0.25, 0.3) is 5.91 Å². The Hall–Kier alpha value is -3.12. The second-order valence-electron chi connectivity index (χ2n) is 7.04. The summed E-state index contributed by atoms with van der Waals surface area (Å²) in [6.45, 7) is 1.97. The third-order valence-corrected chi connectivity index (χ3v) is 5.69. The quantitative estimate of drug-likeness (QED) is 0.388. The van der Waals surface area contributed by atoms with Crippen LogP contribution in [0.25, 0.3) is 21.8 Å². The second kappa shape index (κ2) is 8.09. The number of benzene rings is 2. The molecule has 4 aromatic rings. The zero-order valence-electron chi connectivity index (χ0n) is 16.2. The Bertz CT molecular complexity index is 1250. The topological polar surface area (TPSA) is 74.8 Å². The van der Waals surface area contributed by atoms with Gasteiger partial charge in [-0.25, -0.2) is 0 Å². The summed E-state index contributed by atoms with van der Waals surface area (Å²) in [6, 6.07) is 14.8. The van der Waals surface area contributed by atoms with Gasteiger partial charge in [-0.1, -0.05) is 18.2 Å². The van der Waals surface area contributed by atoms with E-state index in [9.17, 15) is 9.59 Å². The van der Waals surface area contributed by atoms with Gasteiger partial charge in [-0.05, 0) is 55.5 Å². The highest BCUT2D eigenvalue weighted by Gasteiger charge is 2.17. The van der Waals surface area contributed by atoms with Crippen molar-refractivity contribution in [1.82, 2.24) is 15.3 Å². The molecule has 1 amide bonds. The molecule has 0 aliphatic carbocycles. The van der Waals surface area contributed by atoms with Gasteiger partial charge in [-0.15, -0.1) is 11.8 Å². The maximum Gasteiger partial charge on any atom is 0.252 e. The summed E-state index contributed by atoms with van der Waals surface area (Å²) in [6.07, 6.45) is 6.15. The van der Waals surface area contributed by atoms with Crippen LogP contribution in [0, 0.1) is 0 Å². The number of carbonyl (C=O) groups excluding carboxylic acids is 1. The van der Waals surface area contributed by atoms with Gasteiger partial charge in [0.15, 0.2) is 5.43 Å². The van der Waals surface area contributed by atoms with Crippen LogP contribution in [0.3, 0.4) is 0 Å². The first-order valence-corrected chi connectivity index (χ1v) is 10.6. The highest BCUT2D eigenvalue weighted by Crippen LogP contribution is 2.26. The zero-order chi connectivity index (χ0) is 20.4. The van der Waals surface area contributed by atoms with Gasteiger partial charge in [0, 0.05) is 39.6 Å². The van der Waals surface area contributed by atoms with Crippen molar-refractivity contribution in [2.24, 2.45) is 0 Å². The largest absolute Gasteiger partial charge is 0.354 e. The van der Waals surface area contributed by atoms with E-state index in [0.717, 1.165) is 16.0 Å². The predicted octanol–water partition coefficient (Wildman–Crippen LogP) is 4.16. The SMILES string of the molecule is CSc1cc2c(=O)c3ccccc3[nH]c2cc1C(=O)NC(C)Cc1cccnc1. The molecule has 0 aliphatic rings. The van der Waals surface area contributed by atoms with Crippen LogP contribution in [0.2, 0.25) is 0 Å². The Morgan fingerprint density at radius 3 is 2.72 bits per heavy atom. The summed E-state index contributed by atoms with van der Waals surface area (Å²) in [5.74, 6) is -0.151. The maximum absolute atomic E-state index is 13.0. The molecule has 0 bridgehead atoms. The van der Waals surface area contributed by atoms with Crippen molar-refractivity contribution in [2.75, 3.05) is 6.26 Å². The lowest BCUT2D eigenvalue weighted by molar-refractivity contribution is 0.0937. The average molecular weight is 404 g/mol. The Morgan fingerprint density at radius 2 is 1.97 bits per heavy atom. The summed E-state index contributed by atoms with van der Waals surface area (Å²) in [5, 5.41) is 4.30. The molecule has 6 heteroatoms. The number of aromatic amines is 1. The van der Waals surface area contributed by atoms with Crippen LogP contribution in [0.1, 0.15) is 22.8 Å². The van der Waals surface area contributed by atoms with Crippen molar-refractivity contribution in [3.05, 3.63) is 82.3 Å². The lowest BCUT2D eigenvalue weighted by Gasteiger charge is -2.16. The Morgan fingerprint density at radius 1 is 1.14 bits per heavy atom. The molecule has 5 nitrogen and oxygen atoms in total. The van der Waals surface area contributed by atoms with E-state index in [0.29, 0.717) is 28.3 Å². The molecule has 2 heterocycles. The summed E-state index contributed by atoms with van der Waals surface area (Å²) in [4.78, 5) is 34.1. The predicted molar refractivity (Wildman–Crippen MR) is 119 cm³/mol. The Balaban J connectivity index is 1.69. The molecule has 2 aromatic heterocycles. The fourth-order valence-corrected chi connectivity index (χ4v) is 4.13. The van der Waals surface area contributed by atoms with Gasteiger partial charge in [0.05, 0.1) is 11.1 Å². The minimum Gasteiger partial charge on any atom is -0.354 e. The lowest BCUT2D eigenvalue weighted by atomic mass is 10.1. The number of carbonyl (C=O) groups is 1. The molecule has 0 saturated heterocycles. The maximum atomic E-state index is 13.0. The van der Waals surface area contributed by atoms with Crippen molar-refractivity contribution < 1.29 is 4.79 Å². The first kappa shape index (κ1) is 19.2. The number of fused-ring (bicyclic) bond motifs is 2. The summed E-state index contributed by atoms with van der Waals surface area (Å²) in [7, 11) is 0. The summed E-state index contributed by atoms with van der Waals surface area (Å²) >= 11 is 1.46. The van der Waals surface area contributed by atoms with Gasteiger partial charge in [0.2, 0.25) is 0 Å². The van der Waals surface area contributed by atoms with Crippen LogP contribution in [0.15, 0.2) is 70.6 Å². The van der Waals surface area contributed by atoms with E-state index in [2.05, 4.69) is 15.3 Å². The average Bonchev–Trinajstić information content (AvgIpc) is 2.73. The number of nitrogens with one attached hydrogen (secondary N) is 2. The molecular weight excluding hydrogens is 382 g/mol. The normalized spacial score (nSPS) is 12.2. The zero-order valence-corrected chi connectivity index (χ0v) is 17.0. The molecule has 2 aromatic carbocycles. The number of H-pyrrole nitrogens is 1. The van der Waals surface area contributed by atoms with Crippen LogP contribution in [0.4, 0.5) is 0 Å². The second-order valence-corrected chi connectivity index (χ2v) is 7.89. The van der Waals surface area contributed by atoms with Gasteiger partial charge < -0.3 is 10.3 Å². The van der Waals surface area contributed by atoms with E-state index in [1.165, 1.54) is 11.8 Å². The number of rotatable bonds is 5. The number of hydrogen-bond donors (Lipinski definition) is 2. The molecule has 146 valence electrons. The van der Waals surface area contributed by atoms with E-state index >= 15 is 0 Å². The molecule has 0 saturated carbocycles. The minimum atomic E-state index is -0.151. The van der Waals surface area contributed by atoms with Crippen molar-refractivity contribution in [3.63, 3.8) is 0 Å². The van der Waals surface area contributed by atoms with Crippen LogP contribution in [0.5, 0.6) is 0 Å². The number of aromatic nitrogens is 2. The van der Waals surface area contributed by atoms with Crippen molar-refractivity contribution in [1.29, 1.82) is 0 Å². The van der Waals surface area contributed by atoms with Crippen LogP contribution in [-0.4, -0.2) is 28.2 Å². The van der Waals surface area contributed by atoms with Crippen LogP contribution in [-0.2, 0) is 6.42 Å². The van der Waals surface area contributed by atoms with E-state index in [4.69, 9.17) is 0 Å². The fraction of sp³-hybridized carbons (Fsp3) is 0.174. The summed E-state index contributed by atoms with van der Waals surface area (Å²) in [5.41, 5.74) is 3.03. The first-order chi connectivity index (χ1) is 14.1. The molecular formula is C23H21N3O2S. The molecule has 1 atom stereocenters. The molecule has 4 rings (SSSR count). The lowest BCUT2D eigenvalue weighted by Crippen LogP contribution is -2.34. The highest BCUT2D eigenvalue weighted by atomic mass is 32.2. The Kier molecular flexibility index (Phi) is 5.36. The van der Waals surface area contributed by atoms with Crippen LogP contribution >= 0.6 is 11.8 Å². The molecule has 0 aliphatic heterocycles. The fourth-order valence-electron chi connectivity index (χ4n) is 3.52. The highest BCUT2D eigenvalue weighted by molar-refractivity contribution is 7.98. The first-order valence-electron chi connectivity index (χ1n) is 9.39. The van der Waals surface area contributed by atoms with E-state index in [1.807, 2.05) is 61.8 Å².